The highest BCUT2D eigenvalue weighted by atomic mass is 19.4. The molecule has 0 spiro atoms. The lowest BCUT2D eigenvalue weighted by Gasteiger charge is -2.34. The topological polar surface area (TPSA) is 66.5 Å². The first-order valence-electron chi connectivity index (χ1n) is 9.81. The zero-order valence-corrected chi connectivity index (χ0v) is 18.2. The van der Waals surface area contributed by atoms with Gasteiger partial charge < -0.3 is 5.32 Å². The Bertz CT molecular complexity index is 625. The molecule has 0 bridgehead atoms. The van der Waals surface area contributed by atoms with Crippen molar-refractivity contribution in [1.29, 1.82) is 0 Å². The number of halogens is 3. The Hall–Kier alpha value is -2.38. The third-order valence-electron chi connectivity index (χ3n) is 3.86. The molecule has 2 rings (SSSR count). The molecule has 8 heteroatoms. The summed E-state index contributed by atoms with van der Waals surface area (Å²) >= 11 is 0. The van der Waals surface area contributed by atoms with Gasteiger partial charge in [-0.2, -0.15) is 13.2 Å². The first kappa shape index (κ1) is 28.8. The normalized spacial score (nSPS) is 21.0. The zero-order valence-electron chi connectivity index (χ0n) is 18.2. The highest BCUT2D eigenvalue weighted by molar-refractivity contribution is 6.22. The zero-order chi connectivity index (χ0) is 23.4. The lowest BCUT2D eigenvalue weighted by atomic mass is 9.98. The molecule has 2 aliphatic rings. The van der Waals surface area contributed by atoms with E-state index in [0.717, 1.165) is 4.90 Å². The first-order chi connectivity index (χ1) is 13.6. The number of carbonyl (C=O) groups is 3. The van der Waals surface area contributed by atoms with Gasteiger partial charge in [0.25, 0.3) is 11.8 Å². The molecule has 5 nitrogen and oxygen atoms in total. The molecule has 1 fully saturated rings. The minimum atomic E-state index is -4.54. The van der Waals surface area contributed by atoms with Crippen LogP contribution in [-0.4, -0.2) is 40.9 Å². The maximum Gasteiger partial charge on any atom is 0.408 e. The molecule has 2 unspecified atom stereocenters. The van der Waals surface area contributed by atoms with Crippen LogP contribution < -0.4 is 5.32 Å². The van der Waals surface area contributed by atoms with Gasteiger partial charge in [0.1, 0.15) is 12.1 Å². The number of rotatable bonds is 3. The SMILES string of the molecule is C=CC.C=CC1=C(CC)C(=O)N(C2CCC(C(F)(F)F)NC2=O)C1=O.CC.CC. The van der Waals surface area contributed by atoms with E-state index in [9.17, 15) is 27.6 Å². The largest absolute Gasteiger partial charge is 0.408 e. The summed E-state index contributed by atoms with van der Waals surface area (Å²) in [6, 6.07) is -3.15. The van der Waals surface area contributed by atoms with E-state index in [1.807, 2.05) is 39.9 Å². The van der Waals surface area contributed by atoms with Crippen molar-refractivity contribution in [2.45, 2.75) is 79.1 Å². The molecule has 0 aromatic carbocycles. The Morgan fingerprint density at radius 1 is 1.07 bits per heavy atom. The first-order valence-corrected chi connectivity index (χ1v) is 9.81. The predicted molar refractivity (Wildman–Crippen MR) is 109 cm³/mol. The highest BCUT2D eigenvalue weighted by Crippen LogP contribution is 2.32. The molecular weight excluding hydrogens is 385 g/mol. The summed E-state index contributed by atoms with van der Waals surface area (Å²) in [7, 11) is 0. The van der Waals surface area contributed by atoms with Gasteiger partial charge in [-0.25, -0.2) is 0 Å². The third-order valence-corrected chi connectivity index (χ3v) is 3.86. The van der Waals surface area contributed by atoms with Gasteiger partial charge in [0.05, 0.1) is 0 Å². The van der Waals surface area contributed by atoms with Gasteiger partial charge in [0, 0.05) is 11.1 Å². The smallest absolute Gasteiger partial charge is 0.343 e. The van der Waals surface area contributed by atoms with Crippen LogP contribution in [0.3, 0.4) is 0 Å². The van der Waals surface area contributed by atoms with Crippen molar-refractivity contribution in [1.82, 2.24) is 10.2 Å². The molecular formula is C21H33F3N2O3. The van der Waals surface area contributed by atoms with Crippen molar-refractivity contribution in [2.24, 2.45) is 0 Å². The fourth-order valence-electron chi connectivity index (χ4n) is 2.73. The van der Waals surface area contributed by atoms with E-state index in [0.29, 0.717) is 0 Å². The fraction of sp³-hybridized carbons (Fsp3) is 0.571. The average molecular weight is 419 g/mol. The van der Waals surface area contributed by atoms with Gasteiger partial charge in [0.2, 0.25) is 5.91 Å². The second-order valence-electron chi connectivity index (χ2n) is 5.53. The maximum atomic E-state index is 12.6. The average Bonchev–Trinajstić information content (AvgIpc) is 2.94. The summed E-state index contributed by atoms with van der Waals surface area (Å²) in [5.41, 5.74) is 0.337. The number of alkyl halides is 3. The number of hydrogen-bond acceptors (Lipinski definition) is 3. The van der Waals surface area contributed by atoms with E-state index >= 15 is 0 Å². The highest BCUT2D eigenvalue weighted by Gasteiger charge is 2.49. The van der Waals surface area contributed by atoms with Crippen LogP contribution in [0.5, 0.6) is 0 Å². The van der Waals surface area contributed by atoms with Gasteiger partial charge >= 0.3 is 6.18 Å². The van der Waals surface area contributed by atoms with Crippen LogP contribution in [0.25, 0.3) is 0 Å². The predicted octanol–water partition coefficient (Wildman–Crippen LogP) is 4.70. The van der Waals surface area contributed by atoms with Gasteiger partial charge in [-0.05, 0) is 26.2 Å². The van der Waals surface area contributed by atoms with Crippen molar-refractivity contribution in [3.63, 3.8) is 0 Å². The Labute approximate surface area is 171 Å². The number of piperidine rings is 1. The van der Waals surface area contributed by atoms with Crippen LogP contribution in [-0.2, 0) is 14.4 Å². The molecule has 0 aliphatic carbocycles. The number of imide groups is 1. The van der Waals surface area contributed by atoms with Gasteiger partial charge in [0.15, 0.2) is 0 Å². The molecule has 0 radical (unpaired) electrons. The molecule has 29 heavy (non-hydrogen) atoms. The van der Waals surface area contributed by atoms with Crippen LogP contribution in [0.1, 0.15) is 60.8 Å². The Kier molecular flexibility index (Phi) is 13.7. The van der Waals surface area contributed by atoms with Crippen LogP contribution in [0.2, 0.25) is 0 Å². The van der Waals surface area contributed by atoms with E-state index < -0.39 is 36.0 Å². The molecule has 0 aromatic heterocycles. The summed E-state index contributed by atoms with van der Waals surface area (Å²) < 4.78 is 37.9. The molecule has 2 heterocycles. The quantitative estimate of drug-likeness (QED) is 0.534. The van der Waals surface area contributed by atoms with E-state index in [1.165, 1.54) is 6.08 Å². The van der Waals surface area contributed by atoms with E-state index in [4.69, 9.17) is 0 Å². The molecule has 0 aromatic rings. The number of hydrogen-bond donors (Lipinski definition) is 1. The molecule has 3 amide bonds. The van der Waals surface area contributed by atoms with Crippen molar-refractivity contribution in [2.75, 3.05) is 0 Å². The Morgan fingerprint density at radius 2 is 1.55 bits per heavy atom. The van der Waals surface area contributed by atoms with E-state index in [-0.39, 0.29) is 30.4 Å². The summed E-state index contributed by atoms with van der Waals surface area (Å²) in [4.78, 5) is 37.1. The minimum absolute atomic E-state index is 0.109. The van der Waals surface area contributed by atoms with Crippen molar-refractivity contribution >= 4 is 17.7 Å². The van der Waals surface area contributed by atoms with Crippen LogP contribution in [0.4, 0.5) is 13.2 Å². The standard InChI is InChI=1S/C14H15F3N2O3.C3H6.2C2H6/c1-3-7-8(4-2)13(22)19(12(7)21)9-5-6-10(14(15,16)17)18-11(9)20;1-3-2;2*1-2/h3,9-10H,1,4-6H2,2H3,(H,18,20);3H,1H2,2H3;2*1-2H3. The second kappa shape index (κ2) is 13.7. The number of nitrogens with zero attached hydrogens (tertiary/aromatic N) is 1. The lowest BCUT2D eigenvalue weighted by Crippen LogP contribution is -2.59. The molecule has 2 aliphatic heterocycles. The van der Waals surface area contributed by atoms with Crippen LogP contribution in [0, 0.1) is 0 Å². The summed E-state index contributed by atoms with van der Waals surface area (Å²) in [6.45, 7) is 18.4. The van der Waals surface area contributed by atoms with Crippen molar-refractivity contribution in [3.8, 4) is 0 Å². The number of amides is 3. The summed E-state index contributed by atoms with van der Waals surface area (Å²) in [5.74, 6) is -2.27. The Balaban J connectivity index is 0. The van der Waals surface area contributed by atoms with Gasteiger partial charge in [-0.3, -0.25) is 19.3 Å². The second-order valence-corrected chi connectivity index (χ2v) is 5.53. The minimum Gasteiger partial charge on any atom is -0.343 e. The third kappa shape index (κ3) is 7.18. The number of carbonyl (C=O) groups excluding carboxylic acids is 3. The van der Waals surface area contributed by atoms with Crippen LogP contribution in [0.15, 0.2) is 36.5 Å². The molecule has 0 saturated carbocycles. The van der Waals surface area contributed by atoms with Gasteiger partial charge in [-0.1, -0.05) is 53.3 Å². The number of nitrogens with one attached hydrogen (secondary N) is 1. The van der Waals surface area contributed by atoms with E-state index in [2.05, 4.69) is 13.2 Å². The molecule has 2 atom stereocenters. The monoisotopic (exact) mass is 418 g/mol. The molecule has 1 saturated heterocycles. The van der Waals surface area contributed by atoms with Gasteiger partial charge in [-0.15, -0.1) is 6.58 Å². The van der Waals surface area contributed by atoms with Crippen LogP contribution >= 0.6 is 0 Å². The van der Waals surface area contributed by atoms with E-state index in [1.54, 1.807) is 13.0 Å². The fourth-order valence-corrected chi connectivity index (χ4v) is 2.73. The van der Waals surface area contributed by atoms with Crippen molar-refractivity contribution in [3.05, 3.63) is 36.5 Å². The van der Waals surface area contributed by atoms with Crippen molar-refractivity contribution < 1.29 is 27.6 Å². The molecule has 166 valence electrons. The Morgan fingerprint density at radius 3 is 1.86 bits per heavy atom. The summed E-state index contributed by atoms with van der Waals surface area (Å²) in [5, 5.41) is 1.84. The maximum absolute atomic E-state index is 12.6. The molecule has 1 N–H and O–H groups in total. The lowest BCUT2D eigenvalue weighted by molar-refractivity contribution is -0.172. The number of allylic oxidation sites excluding steroid dienone is 1. The summed E-state index contributed by atoms with van der Waals surface area (Å²) in [6.07, 6.45) is -1.87.